The number of thiazole rings is 1. The smallest absolute Gasteiger partial charge is 0.227 e. The number of hydrogen-bond donors (Lipinski definition) is 1. The number of nitrogens with one attached hydrogen (secondary N) is 1. The first-order chi connectivity index (χ1) is 13.3. The molecule has 0 fully saturated rings. The Hall–Kier alpha value is -3.38. The zero-order valence-corrected chi connectivity index (χ0v) is 15.3. The van der Waals surface area contributed by atoms with Gasteiger partial charge in [-0.15, -0.1) is 0 Å². The minimum Gasteiger partial charge on any atom is -0.497 e. The summed E-state index contributed by atoms with van der Waals surface area (Å²) in [6.45, 7) is 0. The third kappa shape index (κ3) is 3.00. The summed E-state index contributed by atoms with van der Waals surface area (Å²) in [6, 6.07) is 21.6. The maximum absolute atomic E-state index is 5.87. The molecular weight excluding hydrogens is 358 g/mol. The van der Waals surface area contributed by atoms with Crippen molar-refractivity contribution < 1.29 is 9.15 Å². The average molecular weight is 373 g/mol. The Morgan fingerprint density at radius 3 is 2.74 bits per heavy atom. The second kappa shape index (κ2) is 6.41. The first-order valence-corrected chi connectivity index (χ1v) is 9.28. The molecule has 0 aliphatic carbocycles. The fourth-order valence-corrected chi connectivity index (χ4v) is 3.85. The lowest BCUT2D eigenvalue weighted by molar-refractivity contribution is 0.415. The molecule has 0 bridgehead atoms. The van der Waals surface area contributed by atoms with Crippen LogP contribution in [0.15, 0.2) is 71.1 Å². The van der Waals surface area contributed by atoms with Crippen LogP contribution < -0.4 is 10.1 Å². The van der Waals surface area contributed by atoms with Gasteiger partial charge in [-0.2, -0.15) is 0 Å². The molecule has 0 radical (unpaired) electrons. The number of para-hydroxylation sites is 2. The number of aromatic nitrogens is 2. The minimum absolute atomic E-state index is 0.605. The van der Waals surface area contributed by atoms with Gasteiger partial charge in [-0.25, -0.2) is 9.97 Å². The van der Waals surface area contributed by atoms with Crippen LogP contribution >= 0.6 is 11.3 Å². The summed E-state index contributed by atoms with van der Waals surface area (Å²) in [5.41, 5.74) is 4.43. The molecule has 5 nitrogen and oxygen atoms in total. The van der Waals surface area contributed by atoms with E-state index in [2.05, 4.69) is 15.3 Å². The van der Waals surface area contributed by atoms with Crippen molar-refractivity contribution in [3.63, 3.8) is 0 Å². The maximum atomic E-state index is 5.87. The standard InChI is InChI=1S/C21H15N3O2S/c1-25-15-9-10-17-19(12-15)27-21(24-17)22-14-6-4-5-13(11-14)20-23-16-7-2-3-8-18(16)26-20/h2-12H,1H3,(H,22,24). The predicted molar refractivity (Wildman–Crippen MR) is 109 cm³/mol. The van der Waals surface area contributed by atoms with Gasteiger partial charge in [0.1, 0.15) is 11.3 Å². The number of oxazole rings is 1. The highest BCUT2D eigenvalue weighted by Crippen LogP contribution is 2.32. The predicted octanol–water partition coefficient (Wildman–Crippen LogP) is 5.86. The Kier molecular flexibility index (Phi) is 3.76. The molecule has 0 atom stereocenters. The highest BCUT2D eigenvalue weighted by molar-refractivity contribution is 7.22. The van der Waals surface area contributed by atoms with Gasteiger partial charge in [0.15, 0.2) is 10.7 Å². The van der Waals surface area contributed by atoms with Crippen molar-refractivity contribution in [3.05, 3.63) is 66.7 Å². The zero-order valence-electron chi connectivity index (χ0n) is 14.5. The fraction of sp³-hybridized carbons (Fsp3) is 0.0476. The molecule has 27 heavy (non-hydrogen) atoms. The first-order valence-electron chi connectivity index (χ1n) is 8.46. The molecule has 0 aliphatic heterocycles. The van der Waals surface area contributed by atoms with Crippen molar-refractivity contribution in [1.29, 1.82) is 0 Å². The molecular formula is C21H15N3O2S. The van der Waals surface area contributed by atoms with Crippen LogP contribution in [0.5, 0.6) is 5.75 Å². The first kappa shape index (κ1) is 15.8. The molecule has 132 valence electrons. The van der Waals surface area contributed by atoms with Crippen LogP contribution in [-0.4, -0.2) is 17.1 Å². The van der Waals surface area contributed by atoms with E-state index < -0.39 is 0 Å². The molecule has 5 aromatic rings. The summed E-state index contributed by atoms with van der Waals surface area (Å²) in [4.78, 5) is 9.20. The van der Waals surface area contributed by atoms with Crippen molar-refractivity contribution >= 4 is 43.5 Å². The van der Waals surface area contributed by atoms with Crippen molar-refractivity contribution in [3.8, 4) is 17.2 Å². The van der Waals surface area contributed by atoms with Gasteiger partial charge in [-0.3, -0.25) is 0 Å². The quantitative estimate of drug-likeness (QED) is 0.428. The van der Waals surface area contributed by atoms with Crippen molar-refractivity contribution in [1.82, 2.24) is 9.97 Å². The molecule has 0 aliphatic rings. The summed E-state index contributed by atoms with van der Waals surface area (Å²) in [6.07, 6.45) is 0. The fourth-order valence-electron chi connectivity index (χ4n) is 2.93. The van der Waals surface area contributed by atoms with Crippen molar-refractivity contribution in [2.45, 2.75) is 0 Å². The number of nitrogens with zero attached hydrogens (tertiary/aromatic N) is 2. The molecule has 2 aromatic heterocycles. The van der Waals surface area contributed by atoms with Crippen molar-refractivity contribution in [2.75, 3.05) is 12.4 Å². The Labute approximate surface area is 159 Å². The number of benzene rings is 3. The molecule has 0 unspecified atom stereocenters. The Morgan fingerprint density at radius 1 is 0.926 bits per heavy atom. The number of rotatable bonds is 4. The van der Waals surface area contributed by atoms with E-state index in [1.165, 1.54) is 0 Å². The van der Waals surface area contributed by atoms with E-state index in [9.17, 15) is 0 Å². The lowest BCUT2D eigenvalue weighted by atomic mass is 10.2. The number of fused-ring (bicyclic) bond motifs is 2. The van der Waals surface area contributed by atoms with Gasteiger partial charge >= 0.3 is 0 Å². The van der Waals surface area contributed by atoms with Crippen LogP contribution in [0.2, 0.25) is 0 Å². The minimum atomic E-state index is 0.605. The van der Waals surface area contributed by atoms with E-state index in [0.29, 0.717) is 5.89 Å². The second-order valence-corrected chi connectivity index (χ2v) is 7.08. The topological polar surface area (TPSA) is 60.2 Å². The average Bonchev–Trinajstić information content (AvgIpc) is 3.31. The Bertz CT molecular complexity index is 1230. The van der Waals surface area contributed by atoms with E-state index in [-0.39, 0.29) is 0 Å². The molecule has 2 heterocycles. The van der Waals surface area contributed by atoms with Gasteiger partial charge in [-0.1, -0.05) is 29.5 Å². The number of ether oxygens (including phenoxy) is 1. The third-order valence-corrected chi connectivity index (χ3v) is 5.18. The molecule has 3 aromatic carbocycles. The van der Waals surface area contributed by atoms with Crippen LogP contribution in [0.25, 0.3) is 32.8 Å². The van der Waals surface area contributed by atoms with Gasteiger partial charge in [0, 0.05) is 11.3 Å². The summed E-state index contributed by atoms with van der Waals surface area (Å²) in [5, 5.41) is 4.20. The van der Waals surface area contributed by atoms with Gasteiger partial charge < -0.3 is 14.5 Å². The lowest BCUT2D eigenvalue weighted by Gasteiger charge is -2.03. The molecule has 5 rings (SSSR count). The number of anilines is 2. The molecule has 0 spiro atoms. The van der Waals surface area contributed by atoms with Gasteiger partial charge in [-0.05, 0) is 48.5 Å². The van der Waals surface area contributed by atoms with E-state index in [1.54, 1.807) is 18.4 Å². The largest absolute Gasteiger partial charge is 0.497 e. The van der Waals surface area contributed by atoms with Gasteiger partial charge in [0.2, 0.25) is 5.89 Å². The highest BCUT2D eigenvalue weighted by atomic mass is 32.1. The second-order valence-electron chi connectivity index (χ2n) is 6.05. The molecule has 6 heteroatoms. The van der Waals surface area contributed by atoms with Crippen LogP contribution in [-0.2, 0) is 0 Å². The monoisotopic (exact) mass is 373 g/mol. The van der Waals surface area contributed by atoms with Crippen LogP contribution in [0, 0.1) is 0 Å². The van der Waals surface area contributed by atoms with E-state index in [0.717, 1.165) is 43.4 Å². The van der Waals surface area contributed by atoms with Gasteiger partial charge in [0.25, 0.3) is 0 Å². The van der Waals surface area contributed by atoms with E-state index in [4.69, 9.17) is 9.15 Å². The van der Waals surface area contributed by atoms with Crippen LogP contribution in [0.3, 0.4) is 0 Å². The summed E-state index contributed by atoms with van der Waals surface area (Å²) in [5.74, 6) is 1.43. The molecule has 1 N–H and O–H groups in total. The number of methoxy groups -OCH3 is 1. The van der Waals surface area contributed by atoms with Crippen molar-refractivity contribution in [2.24, 2.45) is 0 Å². The molecule has 0 saturated carbocycles. The maximum Gasteiger partial charge on any atom is 0.227 e. The summed E-state index contributed by atoms with van der Waals surface area (Å²) >= 11 is 1.59. The summed E-state index contributed by atoms with van der Waals surface area (Å²) < 4.78 is 12.2. The normalized spacial score (nSPS) is 11.1. The molecule has 0 saturated heterocycles. The summed E-state index contributed by atoms with van der Waals surface area (Å²) in [7, 11) is 1.67. The SMILES string of the molecule is COc1ccc2nc(Nc3cccc(-c4nc5ccccc5o4)c3)sc2c1. The van der Waals surface area contributed by atoms with E-state index in [1.807, 2.05) is 66.7 Å². The third-order valence-electron chi connectivity index (χ3n) is 4.25. The number of hydrogen-bond acceptors (Lipinski definition) is 6. The van der Waals surface area contributed by atoms with Crippen LogP contribution in [0.1, 0.15) is 0 Å². The van der Waals surface area contributed by atoms with Crippen LogP contribution in [0.4, 0.5) is 10.8 Å². The zero-order chi connectivity index (χ0) is 18.2. The highest BCUT2D eigenvalue weighted by Gasteiger charge is 2.10. The molecule has 0 amide bonds. The Balaban J connectivity index is 1.46. The lowest BCUT2D eigenvalue weighted by Crippen LogP contribution is -1.89. The van der Waals surface area contributed by atoms with E-state index >= 15 is 0 Å². The Morgan fingerprint density at radius 2 is 1.85 bits per heavy atom. The van der Waals surface area contributed by atoms with Gasteiger partial charge in [0.05, 0.1) is 17.3 Å².